The number of benzene rings is 2. The molecule has 0 saturated carbocycles. The lowest BCUT2D eigenvalue weighted by Gasteiger charge is -2.20. The Bertz CT molecular complexity index is 749. The fourth-order valence-corrected chi connectivity index (χ4v) is 2.14. The lowest BCUT2D eigenvalue weighted by atomic mass is 10.1. The molecule has 6 nitrogen and oxygen atoms in total. The van der Waals surface area contributed by atoms with Gasteiger partial charge in [-0.15, -0.1) is 0 Å². The summed E-state index contributed by atoms with van der Waals surface area (Å²) in [5, 5.41) is 6.00. The smallest absolute Gasteiger partial charge is 0.412 e. The number of amides is 2. The van der Waals surface area contributed by atoms with E-state index in [1.54, 1.807) is 18.2 Å². The summed E-state index contributed by atoms with van der Waals surface area (Å²) >= 11 is 0. The number of carbonyl (C=O) groups excluding carboxylic acids is 2. The van der Waals surface area contributed by atoms with Crippen LogP contribution in [0.2, 0.25) is 0 Å². The molecule has 0 heterocycles. The van der Waals surface area contributed by atoms with Crippen LogP contribution in [-0.2, 0) is 11.3 Å². The van der Waals surface area contributed by atoms with Crippen molar-refractivity contribution < 1.29 is 14.3 Å². The molecule has 0 aliphatic heterocycles. The van der Waals surface area contributed by atoms with Gasteiger partial charge in [-0.25, -0.2) is 4.79 Å². The highest BCUT2D eigenvalue weighted by molar-refractivity contribution is 5.92. The molecule has 0 fully saturated rings. The van der Waals surface area contributed by atoms with Gasteiger partial charge in [-0.3, -0.25) is 10.1 Å². The molecule has 0 saturated heterocycles. The summed E-state index contributed by atoms with van der Waals surface area (Å²) in [6, 6.07) is 14.4. The molecule has 0 spiro atoms. The van der Waals surface area contributed by atoms with Crippen molar-refractivity contribution in [2.45, 2.75) is 32.9 Å². The first-order valence-corrected chi connectivity index (χ1v) is 7.96. The molecule has 25 heavy (non-hydrogen) atoms. The Morgan fingerprint density at radius 1 is 1.00 bits per heavy atom. The van der Waals surface area contributed by atoms with Crippen LogP contribution >= 0.6 is 0 Å². The lowest BCUT2D eigenvalue weighted by molar-refractivity contribution is 0.0636. The molecular formula is C19H23N3O3. The van der Waals surface area contributed by atoms with Crippen LogP contribution in [-0.4, -0.2) is 17.6 Å². The van der Waals surface area contributed by atoms with E-state index >= 15 is 0 Å². The van der Waals surface area contributed by atoms with Gasteiger partial charge in [0.05, 0.1) is 11.4 Å². The average Bonchev–Trinajstić information content (AvgIpc) is 2.52. The van der Waals surface area contributed by atoms with Crippen LogP contribution in [0.15, 0.2) is 48.5 Å². The van der Waals surface area contributed by atoms with E-state index in [0.717, 1.165) is 11.3 Å². The summed E-state index contributed by atoms with van der Waals surface area (Å²) in [7, 11) is 0. The molecular weight excluding hydrogens is 318 g/mol. The van der Waals surface area contributed by atoms with E-state index in [4.69, 9.17) is 10.5 Å². The standard InChI is InChI=1S/C19H23N3O3/c1-19(2,3)25-18(24)22-16-7-5-4-6-15(16)21-12-13-8-10-14(11-9-13)17(20)23/h4-11,21H,12H2,1-3H3,(H2,20,23)(H,22,24). The van der Waals surface area contributed by atoms with E-state index in [1.807, 2.05) is 51.1 Å². The largest absolute Gasteiger partial charge is 0.444 e. The van der Waals surface area contributed by atoms with Crippen LogP contribution in [0.25, 0.3) is 0 Å². The molecule has 4 N–H and O–H groups in total. The third-order valence-corrected chi connectivity index (χ3v) is 3.28. The third kappa shape index (κ3) is 5.84. The van der Waals surface area contributed by atoms with Crippen LogP contribution in [0.1, 0.15) is 36.7 Å². The molecule has 0 unspecified atom stereocenters. The summed E-state index contributed by atoms with van der Waals surface area (Å²) in [6.07, 6.45) is -0.507. The highest BCUT2D eigenvalue weighted by Crippen LogP contribution is 2.22. The van der Waals surface area contributed by atoms with Crippen LogP contribution < -0.4 is 16.4 Å². The maximum Gasteiger partial charge on any atom is 0.412 e. The highest BCUT2D eigenvalue weighted by atomic mass is 16.6. The fourth-order valence-electron chi connectivity index (χ4n) is 2.14. The molecule has 2 rings (SSSR count). The number of nitrogens with one attached hydrogen (secondary N) is 2. The molecule has 0 radical (unpaired) electrons. The Labute approximate surface area is 147 Å². The van der Waals surface area contributed by atoms with Crippen molar-refractivity contribution in [2.75, 3.05) is 10.6 Å². The Morgan fingerprint density at radius 3 is 2.16 bits per heavy atom. The summed E-state index contributed by atoms with van der Waals surface area (Å²) < 4.78 is 5.27. The summed E-state index contributed by atoms with van der Waals surface area (Å²) in [4.78, 5) is 23.0. The predicted octanol–water partition coefficient (Wildman–Crippen LogP) is 3.74. The monoisotopic (exact) mass is 341 g/mol. The first-order valence-electron chi connectivity index (χ1n) is 7.96. The Hall–Kier alpha value is -3.02. The van der Waals surface area contributed by atoms with Gasteiger partial charge < -0.3 is 15.8 Å². The average molecular weight is 341 g/mol. The van der Waals surface area contributed by atoms with Crippen LogP contribution in [0.5, 0.6) is 0 Å². The van der Waals surface area contributed by atoms with E-state index in [9.17, 15) is 9.59 Å². The fraction of sp³-hybridized carbons (Fsp3) is 0.263. The van der Waals surface area contributed by atoms with Crippen molar-refractivity contribution in [3.8, 4) is 0 Å². The van der Waals surface area contributed by atoms with E-state index in [0.29, 0.717) is 17.8 Å². The zero-order valence-electron chi connectivity index (χ0n) is 14.6. The number of anilines is 2. The van der Waals surface area contributed by atoms with Crippen molar-refractivity contribution in [3.63, 3.8) is 0 Å². The third-order valence-electron chi connectivity index (χ3n) is 3.28. The molecule has 2 aromatic rings. The van der Waals surface area contributed by atoms with Gasteiger partial charge in [0.25, 0.3) is 0 Å². The number of nitrogens with two attached hydrogens (primary N) is 1. The van der Waals surface area contributed by atoms with Gasteiger partial charge in [0.15, 0.2) is 0 Å². The van der Waals surface area contributed by atoms with Crippen molar-refractivity contribution in [3.05, 3.63) is 59.7 Å². The minimum Gasteiger partial charge on any atom is -0.444 e. The second-order valence-electron chi connectivity index (χ2n) is 6.59. The summed E-state index contributed by atoms with van der Waals surface area (Å²) in [6.45, 7) is 5.97. The molecule has 0 aromatic heterocycles. The topological polar surface area (TPSA) is 93.4 Å². The van der Waals surface area contributed by atoms with Gasteiger partial charge >= 0.3 is 6.09 Å². The van der Waals surface area contributed by atoms with Crippen LogP contribution in [0.4, 0.5) is 16.2 Å². The van der Waals surface area contributed by atoms with Crippen LogP contribution in [0.3, 0.4) is 0 Å². The van der Waals surface area contributed by atoms with Gasteiger partial charge in [0.2, 0.25) is 5.91 Å². The Balaban J connectivity index is 2.02. The number of primary amides is 1. The molecule has 0 bridgehead atoms. The van der Waals surface area contributed by atoms with Crippen LogP contribution in [0, 0.1) is 0 Å². The van der Waals surface area contributed by atoms with Crippen molar-refractivity contribution in [2.24, 2.45) is 5.73 Å². The van der Waals surface area contributed by atoms with E-state index in [2.05, 4.69) is 10.6 Å². The number of hydrogen-bond acceptors (Lipinski definition) is 4. The summed E-state index contributed by atoms with van der Waals surface area (Å²) in [5.74, 6) is -0.452. The Kier molecular flexibility index (Phi) is 5.64. The molecule has 2 amide bonds. The lowest BCUT2D eigenvalue weighted by Crippen LogP contribution is -2.27. The molecule has 132 valence electrons. The number of ether oxygens (including phenoxy) is 1. The molecule has 0 aliphatic carbocycles. The minimum atomic E-state index is -0.561. The summed E-state index contributed by atoms with van der Waals surface area (Å²) in [5.41, 5.74) is 7.52. The highest BCUT2D eigenvalue weighted by Gasteiger charge is 2.17. The first-order chi connectivity index (χ1) is 11.7. The zero-order chi connectivity index (χ0) is 18.4. The number of rotatable bonds is 5. The van der Waals surface area contributed by atoms with Crippen molar-refractivity contribution in [1.29, 1.82) is 0 Å². The van der Waals surface area contributed by atoms with Crippen molar-refractivity contribution in [1.82, 2.24) is 0 Å². The zero-order valence-corrected chi connectivity index (χ0v) is 14.6. The maximum atomic E-state index is 12.0. The van der Waals surface area contributed by atoms with Gasteiger partial charge in [-0.05, 0) is 50.6 Å². The molecule has 6 heteroatoms. The van der Waals surface area contributed by atoms with E-state index in [1.165, 1.54) is 0 Å². The number of para-hydroxylation sites is 2. The number of carbonyl (C=O) groups is 2. The Morgan fingerprint density at radius 2 is 1.60 bits per heavy atom. The quantitative estimate of drug-likeness (QED) is 0.772. The van der Waals surface area contributed by atoms with Gasteiger partial charge in [0, 0.05) is 12.1 Å². The second kappa shape index (κ2) is 7.70. The molecule has 0 aliphatic rings. The van der Waals surface area contributed by atoms with Gasteiger partial charge in [0.1, 0.15) is 5.60 Å². The minimum absolute atomic E-state index is 0.452. The number of hydrogen-bond donors (Lipinski definition) is 3. The van der Waals surface area contributed by atoms with E-state index < -0.39 is 17.6 Å². The maximum absolute atomic E-state index is 12.0. The van der Waals surface area contributed by atoms with Gasteiger partial charge in [-0.2, -0.15) is 0 Å². The molecule has 0 atom stereocenters. The van der Waals surface area contributed by atoms with E-state index in [-0.39, 0.29) is 0 Å². The first kappa shape index (κ1) is 18.3. The van der Waals surface area contributed by atoms with Gasteiger partial charge in [-0.1, -0.05) is 24.3 Å². The molecule has 2 aromatic carbocycles. The predicted molar refractivity (Wildman–Crippen MR) is 98.6 cm³/mol. The van der Waals surface area contributed by atoms with Crippen molar-refractivity contribution >= 4 is 23.4 Å². The SMILES string of the molecule is CC(C)(C)OC(=O)Nc1ccccc1NCc1ccc(C(N)=O)cc1. The second-order valence-corrected chi connectivity index (χ2v) is 6.59. The normalized spacial score (nSPS) is 10.8.